The normalized spacial score (nSPS) is 25.6. The molecule has 1 fully saturated rings. The summed E-state index contributed by atoms with van der Waals surface area (Å²) in [6.07, 6.45) is 1.88. The molecule has 1 aromatic rings. The summed E-state index contributed by atoms with van der Waals surface area (Å²) in [5.74, 6) is -0.175. The van der Waals surface area contributed by atoms with Gasteiger partial charge in [-0.2, -0.15) is 0 Å². The minimum atomic E-state index is -0.175. The lowest BCUT2D eigenvalue weighted by Gasteiger charge is -2.33. The third-order valence-electron chi connectivity index (χ3n) is 2.66. The molecule has 1 aliphatic carbocycles. The lowest BCUT2D eigenvalue weighted by molar-refractivity contribution is 0.372. The Kier molecular flexibility index (Phi) is 2.42. The number of nitrogens with one attached hydrogen (secondary N) is 1. The van der Waals surface area contributed by atoms with Crippen LogP contribution in [0.15, 0.2) is 18.2 Å². The number of nitrogens with two attached hydrogens (primary N) is 1. The molecule has 3 heteroatoms. The van der Waals surface area contributed by atoms with E-state index in [-0.39, 0.29) is 5.82 Å². The van der Waals surface area contributed by atoms with E-state index in [9.17, 15) is 4.39 Å². The van der Waals surface area contributed by atoms with E-state index in [1.165, 1.54) is 0 Å². The maximum Gasteiger partial charge on any atom is 0.146 e. The Morgan fingerprint density at radius 1 is 1.43 bits per heavy atom. The molecule has 0 saturated heterocycles. The van der Waals surface area contributed by atoms with Crippen molar-refractivity contribution in [2.45, 2.75) is 31.8 Å². The minimum absolute atomic E-state index is 0.175. The van der Waals surface area contributed by atoms with Crippen molar-refractivity contribution < 1.29 is 4.39 Å². The van der Waals surface area contributed by atoms with Crippen LogP contribution < -0.4 is 11.1 Å². The molecule has 0 aromatic heterocycles. The van der Waals surface area contributed by atoms with Crippen LogP contribution in [0.2, 0.25) is 0 Å². The Balaban J connectivity index is 2.02. The van der Waals surface area contributed by atoms with Crippen LogP contribution in [0.4, 0.5) is 10.1 Å². The van der Waals surface area contributed by atoms with E-state index < -0.39 is 0 Å². The maximum atomic E-state index is 13.4. The molecule has 76 valence electrons. The van der Waals surface area contributed by atoms with Crippen molar-refractivity contribution in [1.82, 2.24) is 0 Å². The van der Waals surface area contributed by atoms with Gasteiger partial charge in [-0.05, 0) is 37.5 Å². The molecule has 0 spiro atoms. The molecule has 0 atom stereocenters. The van der Waals surface area contributed by atoms with E-state index in [4.69, 9.17) is 5.73 Å². The largest absolute Gasteiger partial charge is 0.380 e. The first kappa shape index (κ1) is 9.46. The van der Waals surface area contributed by atoms with Crippen molar-refractivity contribution in [3.8, 4) is 0 Å². The second-order valence-corrected chi connectivity index (χ2v) is 4.06. The molecule has 0 heterocycles. The third kappa shape index (κ3) is 1.87. The first-order chi connectivity index (χ1) is 6.65. The van der Waals surface area contributed by atoms with E-state index in [1.807, 2.05) is 13.0 Å². The molecule has 1 aliphatic rings. The molecule has 2 nitrogen and oxygen atoms in total. The molecular formula is C11H15FN2. The highest BCUT2D eigenvalue weighted by atomic mass is 19.1. The van der Waals surface area contributed by atoms with E-state index in [0.29, 0.717) is 17.8 Å². The zero-order chi connectivity index (χ0) is 10.1. The quantitative estimate of drug-likeness (QED) is 0.756. The summed E-state index contributed by atoms with van der Waals surface area (Å²) in [7, 11) is 0. The Labute approximate surface area is 83.3 Å². The van der Waals surface area contributed by atoms with E-state index in [2.05, 4.69) is 5.32 Å². The zero-order valence-electron chi connectivity index (χ0n) is 8.26. The fraction of sp³-hybridized carbons (Fsp3) is 0.455. The summed E-state index contributed by atoms with van der Waals surface area (Å²) in [6.45, 7) is 1.88. The summed E-state index contributed by atoms with van der Waals surface area (Å²) in [5, 5.41) is 3.15. The van der Waals surface area contributed by atoms with Gasteiger partial charge >= 0.3 is 0 Å². The Morgan fingerprint density at radius 3 is 2.71 bits per heavy atom. The van der Waals surface area contributed by atoms with Crippen LogP contribution in [0.3, 0.4) is 0 Å². The first-order valence-electron chi connectivity index (χ1n) is 4.93. The van der Waals surface area contributed by atoms with Crippen molar-refractivity contribution in [1.29, 1.82) is 0 Å². The van der Waals surface area contributed by atoms with Crippen molar-refractivity contribution in [3.05, 3.63) is 29.6 Å². The lowest BCUT2D eigenvalue weighted by atomic mass is 9.87. The summed E-state index contributed by atoms with van der Waals surface area (Å²) in [5.41, 5.74) is 7.18. The van der Waals surface area contributed by atoms with Crippen molar-refractivity contribution >= 4 is 5.69 Å². The average molecular weight is 194 g/mol. The van der Waals surface area contributed by atoms with E-state index in [1.54, 1.807) is 12.1 Å². The van der Waals surface area contributed by atoms with Crippen molar-refractivity contribution in [2.24, 2.45) is 5.73 Å². The van der Waals surface area contributed by atoms with Gasteiger partial charge in [0, 0.05) is 12.1 Å². The van der Waals surface area contributed by atoms with E-state index in [0.717, 1.165) is 18.4 Å². The number of rotatable bonds is 2. The molecule has 0 radical (unpaired) electrons. The highest BCUT2D eigenvalue weighted by Gasteiger charge is 2.26. The molecule has 0 unspecified atom stereocenters. The summed E-state index contributed by atoms with van der Waals surface area (Å²) in [4.78, 5) is 0. The fourth-order valence-corrected chi connectivity index (χ4v) is 1.74. The highest BCUT2D eigenvalue weighted by Crippen LogP contribution is 2.24. The van der Waals surface area contributed by atoms with Crippen LogP contribution in [-0.4, -0.2) is 12.1 Å². The minimum Gasteiger partial charge on any atom is -0.380 e. The van der Waals surface area contributed by atoms with Crippen LogP contribution in [0, 0.1) is 12.7 Å². The average Bonchev–Trinajstić information content (AvgIpc) is 2.06. The maximum absolute atomic E-state index is 13.4. The smallest absolute Gasteiger partial charge is 0.146 e. The third-order valence-corrected chi connectivity index (χ3v) is 2.66. The summed E-state index contributed by atoms with van der Waals surface area (Å²) >= 11 is 0. The van der Waals surface area contributed by atoms with Crippen LogP contribution >= 0.6 is 0 Å². The van der Waals surface area contributed by atoms with Gasteiger partial charge in [-0.15, -0.1) is 0 Å². The second-order valence-electron chi connectivity index (χ2n) is 4.06. The monoisotopic (exact) mass is 194 g/mol. The van der Waals surface area contributed by atoms with Gasteiger partial charge in [-0.25, -0.2) is 4.39 Å². The van der Waals surface area contributed by atoms with Gasteiger partial charge in [-0.1, -0.05) is 6.07 Å². The van der Waals surface area contributed by atoms with Crippen LogP contribution in [0.5, 0.6) is 0 Å². The van der Waals surface area contributed by atoms with Gasteiger partial charge in [0.1, 0.15) is 5.82 Å². The fourth-order valence-electron chi connectivity index (χ4n) is 1.74. The van der Waals surface area contributed by atoms with E-state index >= 15 is 0 Å². The first-order valence-corrected chi connectivity index (χ1v) is 4.93. The van der Waals surface area contributed by atoms with Gasteiger partial charge < -0.3 is 11.1 Å². The van der Waals surface area contributed by atoms with Crippen LogP contribution in [0.25, 0.3) is 0 Å². The summed E-state index contributed by atoms with van der Waals surface area (Å²) < 4.78 is 13.4. The standard InChI is InChI=1S/C11H15FN2/c1-7-2-3-11(10(12)4-7)14-9-5-8(13)6-9/h2-4,8-9,14H,5-6,13H2,1H3. The molecule has 1 saturated carbocycles. The van der Waals surface area contributed by atoms with Gasteiger partial charge in [-0.3, -0.25) is 0 Å². The molecule has 0 aliphatic heterocycles. The SMILES string of the molecule is Cc1ccc(NC2CC(N)C2)c(F)c1. The number of halogens is 1. The second kappa shape index (κ2) is 3.58. The Morgan fingerprint density at radius 2 is 2.14 bits per heavy atom. The predicted molar refractivity (Wildman–Crippen MR) is 55.8 cm³/mol. The Bertz CT molecular complexity index is 332. The highest BCUT2D eigenvalue weighted by molar-refractivity contribution is 5.47. The molecule has 3 N–H and O–H groups in total. The van der Waals surface area contributed by atoms with Crippen LogP contribution in [-0.2, 0) is 0 Å². The van der Waals surface area contributed by atoms with Gasteiger partial charge in [0.2, 0.25) is 0 Å². The topological polar surface area (TPSA) is 38.0 Å². The molecular weight excluding hydrogens is 179 g/mol. The van der Waals surface area contributed by atoms with Gasteiger partial charge in [0.05, 0.1) is 5.69 Å². The molecule has 1 aromatic carbocycles. The molecule has 0 amide bonds. The van der Waals surface area contributed by atoms with Crippen LogP contribution in [0.1, 0.15) is 18.4 Å². The number of hydrogen-bond acceptors (Lipinski definition) is 2. The lowest BCUT2D eigenvalue weighted by Crippen LogP contribution is -2.44. The number of aryl methyl sites for hydroxylation is 1. The predicted octanol–water partition coefficient (Wildman–Crippen LogP) is 2.04. The number of hydrogen-bond donors (Lipinski definition) is 2. The molecule has 14 heavy (non-hydrogen) atoms. The molecule has 2 rings (SSSR count). The van der Waals surface area contributed by atoms with Crippen molar-refractivity contribution in [3.63, 3.8) is 0 Å². The Hall–Kier alpha value is -1.09. The number of anilines is 1. The van der Waals surface area contributed by atoms with Gasteiger partial charge in [0.15, 0.2) is 0 Å². The number of benzene rings is 1. The molecule has 0 bridgehead atoms. The van der Waals surface area contributed by atoms with Gasteiger partial charge in [0.25, 0.3) is 0 Å². The summed E-state index contributed by atoms with van der Waals surface area (Å²) in [6, 6.07) is 5.88. The van der Waals surface area contributed by atoms with Crippen molar-refractivity contribution in [2.75, 3.05) is 5.32 Å². The zero-order valence-corrected chi connectivity index (χ0v) is 8.26.